The van der Waals surface area contributed by atoms with Gasteiger partial charge in [0.1, 0.15) is 11.6 Å². The Kier molecular flexibility index (Phi) is 5.46. The molecule has 29 heavy (non-hydrogen) atoms. The van der Waals surface area contributed by atoms with Crippen LogP contribution in [0.1, 0.15) is 43.7 Å². The van der Waals surface area contributed by atoms with Crippen molar-refractivity contribution < 1.29 is 13.6 Å². The van der Waals surface area contributed by atoms with Gasteiger partial charge in [0.15, 0.2) is 0 Å². The van der Waals surface area contributed by atoms with Crippen LogP contribution < -0.4 is 0 Å². The van der Waals surface area contributed by atoms with Crippen molar-refractivity contribution in [1.29, 1.82) is 0 Å². The molecule has 2 heterocycles. The molecule has 2 aromatic rings. The van der Waals surface area contributed by atoms with Gasteiger partial charge in [0.25, 0.3) is 0 Å². The molecule has 1 atom stereocenters. The number of rotatable bonds is 6. The van der Waals surface area contributed by atoms with Gasteiger partial charge < -0.3 is 4.90 Å². The minimum atomic E-state index is -0.688. The van der Waals surface area contributed by atoms with Crippen molar-refractivity contribution in [1.82, 2.24) is 9.91 Å². The molecule has 0 aromatic heterocycles. The number of hydrazone groups is 1. The Morgan fingerprint density at radius 2 is 1.90 bits per heavy atom. The average molecular weight is 397 g/mol. The predicted octanol–water partition coefficient (Wildman–Crippen LogP) is 4.30. The van der Waals surface area contributed by atoms with Crippen LogP contribution in [0.15, 0.2) is 53.6 Å². The van der Waals surface area contributed by atoms with Crippen molar-refractivity contribution in [2.24, 2.45) is 5.10 Å². The zero-order valence-corrected chi connectivity index (χ0v) is 16.6. The number of amides is 1. The average Bonchev–Trinajstić information content (AvgIpc) is 3.07. The number of likely N-dealkylation sites (tertiary alicyclic amines) is 1. The lowest BCUT2D eigenvalue weighted by Crippen LogP contribution is -2.44. The Morgan fingerprint density at radius 1 is 1.14 bits per heavy atom. The molecule has 0 aliphatic carbocycles. The van der Waals surface area contributed by atoms with Crippen LogP contribution in [0.2, 0.25) is 0 Å². The molecule has 0 spiro atoms. The second kappa shape index (κ2) is 8.03. The van der Waals surface area contributed by atoms with Crippen molar-refractivity contribution in [2.45, 2.75) is 38.1 Å². The maximum atomic E-state index is 14.5. The van der Waals surface area contributed by atoms with Crippen molar-refractivity contribution >= 4 is 11.6 Å². The molecule has 4 nitrogen and oxygen atoms in total. The summed E-state index contributed by atoms with van der Waals surface area (Å²) in [4.78, 5) is 15.0. The molecule has 6 heteroatoms. The molecule has 4 rings (SSSR count). The maximum absolute atomic E-state index is 14.5. The van der Waals surface area contributed by atoms with Crippen LogP contribution in [0.5, 0.6) is 0 Å². The summed E-state index contributed by atoms with van der Waals surface area (Å²) in [7, 11) is 0. The van der Waals surface area contributed by atoms with Crippen molar-refractivity contribution in [3.8, 4) is 0 Å². The molecule has 2 aliphatic heterocycles. The van der Waals surface area contributed by atoms with Crippen LogP contribution in [0.4, 0.5) is 8.78 Å². The Hall–Kier alpha value is -2.60. The lowest BCUT2D eigenvalue weighted by atomic mass is 9.80. The molecule has 1 saturated heterocycles. The highest BCUT2D eigenvalue weighted by Gasteiger charge is 2.46. The van der Waals surface area contributed by atoms with Crippen LogP contribution in [-0.2, 0) is 10.3 Å². The number of halogens is 2. The van der Waals surface area contributed by atoms with Crippen molar-refractivity contribution in [2.75, 3.05) is 19.6 Å². The van der Waals surface area contributed by atoms with E-state index in [4.69, 9.17) is 0 Å². The molecule has 0 saturated carbocycles. The monoisotopic (exact) mass is 397 g/mol. The zero-order valence-electron chi connectivity index (χ0n) is 16.6. The van der Waals surface area contributed by atoms with Gasteiger partial charge in [-0.15, -0.1) is 0 Å². The molecule has 1 fully saturated rings. The molecular formula is C23H25F2N3O. The fourth-order valence-corrected chi connectivity index (χ4v) is 4.36. The van der Waals surface area contributed by atoms with E-state index in [2.05, 4.69) is 10.0 Å². The minimum absolute atomic E-state index is 0.122. The van der Waals surface area contributed by atoms with E-state index in [9.17, 15) is 13.6 Å². The molecule has 1 amide bonds. The largest absolute Gasteiger partial charge is 0.303 e. The first-order valence-electron chi connectivity index (χ1n) is 10.1. The third kappa shape index (κ3) is 3.81. The first kappa shape index (κ1) is 19.7. The van der Waals surface area contributed by atoms with Crippen LogP contribution in [-0.4, -0.2) is 41.2 Å². The topological polar surface area (TPSA) is 35.9 Å². The molecule has 0 bridgehead atoms. The van der Waals surface area contributed by atoms with E-state index < -0.39 is 17.2 Å². The summed E-state index contributed by atoms with van der Waals surface area (Å²) < 4.78 is 28.3. The van der Waals surface area contributed by atoms with Gasteiger partial charge in [0.05, 0.1) is 11.3 Å². The fraction of sp³-hybridized carbons (Fsp3) is 0.391. The van der Waals surface area contributed by atoms with Crippen LogP contribution >= 0.6 is 0 Å². The number of hydrogen-bond acceptors (Lipinski definition) is 3. The summed E-state index contributed by atoms with van der Waals surface area (Å²) in [6.07, 6.45) is 3.19. The van der Waals surface area contributed by atoms with Crippen LogP contribution in [0, 0.1) is 11.6 Å². The van der Waals surface area contributed by atoms with E-state index in [1.165, 1.54) is 18.4 Å². The van der Waals surface area contributed by atoms with E-state index in [0.29, 0.717) is 18.6 Å². The predicted molar refractivity (Wildman–Crippen MR) is 108 cm³/mol. The highest BCUT2D eigenvalue weighted by atomic mass is 19.1. The first-order valence-corrected chi connectivity index (χ1v) is 10.1. The highest BCUT2D eigenvalue weighted by molar-refractivity contribution is 6.03. The maximum Gasteiger partial charge on any atom is 0.240 e. The second-order valence-electron chi connectivity index (χ2n) is 7.87. The van der Waals surface area contributed by atoms with Crippen molar-refractivity contribution in [3.05, 3.63) is 71.3 Å². The minimum Gasteiger partial charge on any atom is -0.303 e. The standard InChI is InChI=1S/C23H25F2N3O/c1-17(29)28-23(18-7-3-2-4-8-18,11-5-12-27-13-6-14-27)16-22(26-28)20-15-19(24)9-10-21(20)25/h2-4,7-10,15H,5-6,11-14,16H2,1H3/t23-/m0/s1. The fourth-order valence-electron chi connectivity index (χ4n) is 4.36. The molecule has 2 aliphatic rings. The van der Waals surface area contributed by atoms with E-state index in [-0.39, 0.29) is 11.5 Å². The summed E-state index contributed by atoms with van der Waals surface area (Å²) in [5.41, 5.74) is 0.808. The normalized spacial score (nSPS) is 21.8. The number of carbonyl (C=O) groups excluding carboxylic acids is 1. The van der Waals surface area contributed by atoms with Crippen molar-refractivity contribution in [3.63, 3.8) is 0 Å². The number of carbonyl (C=O) groups is 1. The Labute approximate surface area is 169 Å². The molecular weight excluding hydrogens is 372 g/mol. The van der Waals surface area contributed by atoms with Gasteiger partial charge in [-0.1, -0.05) is 30.3 Å². The third-order valence-electron chi connectivity index (χ3n) is 5.95. The lowest BCUT2D eigenvalue weighted by Gasteiger charge is -2.38. The van der Waals surface area contributed by atoms with E-state index >= 15 is 0 Å². The number of nitrogens with zero attached hydrogens (tertiary/aromatic N) is 3. The van der Waals surface area contributed by atoms with Gasteiger partial charge in [-0.3, -0.25) is 4.79 Å². The molecule has 2 aromatic carbocycles. The van der Waals surface area contributed by atoms with E-state index in [1.54, 1.807) is 0 Å². The van der Waals surface area contributed by atoms with Crippen LogP contribution in [0.25, 0.3) is 0 Å². The molecule has 0 unspecified atom stereocenters. The molecule has 0 radical (unpaired) electrons. The highest BCUT2D eigenvalue weighted by Crippen LogP contribution is 2.43. The lowest BCUT2D eigenvalue weighted by molar-refractivity contribution is -0.135. The van der Waals surface area contributed by atoms with Gasteiger partial charge in [0, 0.05) is 18.9 Å². The van der Waals surface area contributed by atoms with Crippen LogP contribution in [0.3, 0.4) is 0 Å². The van der Waals surface area contributed by atoms with Gasteiger partial charge in [0.2, 0.25) is 5.91 Å². The van der Waals surface area contributed by atoms with E-state index in [1.807, 2.05) is 30.3 Å². The molecule has 0 N–H and O–H groups in total. The Balaban J connectivity index is 1.70. The van der Waals surface area contributed by atoms with E-state index in [0.717, 1.165) is 49.8 Å². The quantitative estimate of drug-likeness (QED) is 0.729. The van der Waals surface area contributed by atoms with Gasteiger partial charge >= 0.3 is 0 Å². The summed E-state index contributed by atoms with van der Waals surface area (Å²) in [5, 5.41) is 5.99. The smallest absolute Gasteiger partial charge is 0.240 e. The summed E-state index contributed by atoms with van der Waals surface area (Å²) >= 11 is 0. The summed E-state index contributed by atoms with van der Waals surface area (Å²) in [5.74, 6) is -1.25. The zero-order chi connectivity index (χ0) is 20.4. The number of benzene rings is 2. The van der Waals surface area contributed by atoms with Gasteiger partial charge in [-0.05, 0) is 62.7 Å². The first-order chi connectivity index (χ1) is 14.0. The second-order valence-corrected chi connectivity index (χ2v) is 7.87. The van der Waals surface area contributed by atoms with Gasteiger partial charge in [-0.2, -0.15) is 5.10 Å². The summed E-state index contributed by atoms with van der Waals surface area (Å²) in [6, 6.07) is 13.1. The summed E-state index contributed by atoms with van der Waals surface area (Å²) in [6.45, 7) is 4.67. The number of hydrogen-bond donors (Lipinski definition) is 0. The SMILES string of the molecule is CC(=O)N1N=C(c2cc(F)ccc2F)C[C@@]1(CCCN1CCC1)c1ccccc1. The van der Waals surface area contributed by atoms with Gasteiger partial charge in [-0.25, -0.2) is 13.8 Å². The third-order valence-corrected chi connectivity index (χ3v) is 5.95. The Morgan fingerprint density at radius 3 is 2.55 bits per heavy atom. The Bertz CT molecular complexity index is 927. The molecule has 152 valence electrons.